The van der Waals surface area contributed by atoms with Crippen LogP contribution in [-0.4, -0.2) is 15.0 Å². The molecule has 0 fully saturated rings. The molecule has 0 amide bonds. The summed E-state index contributed by atoms with van der Waals surface area (Å²) in [4.78, 5) is 11.8. The largest absolute Gasteiger partial charge is 0.338 e. The van der Waals surface area contributed by atoms with Gasteiger partial charge in [-0.2, -0.15) is 0 Å². The Bertz CT molecular complexity index is 943. The van der Waals surface area contributed by atoms with E-state index >= 15 is 0 Å². The monoisotopic (exact) mass is 281 g/mol. The molecule has 0 spiro atoms. The van der Waals surface area contributed by atoms with Crippen LogP contribution in [0.2, 0.25) is 0 Å². The lowest BCUT2D eigenvalue weighted by Gasteiger charge is -2.01. The average molecular weight is 281 g/mol. The molecule has 0 unspecified atom stereocenters. The van der Waals surface area contributed by atoms with Crippen LogP contribution in [0.5, 0.6) is 0 Å². The molecule has 0 saturated carbocycles. The van der Waals surface area contributed by atoms with Gasteiger partial charge in [-0.05, 0) is 24.3 Å². The number of rotatable bonds is 1. The van der Waals surface area contributed by atoms with Crippen LogP contribution >= 0.6 is 0 Å². The average Bonchev–Trinajstić information content (AvgIpc) is 2.92. The number of halogens is 2. The Morgan fingerprint density at radius 1 is 0.905 bits per heavy atom. The van der Waals surface area contributed by atoms with Crippen LogP contribution in [0.1, 0.15) is 0 Å². The Morgan fingerprint density at radius 3 is 2.57 bits per heavy atom. The van der Waals surface area contributed by atoms with Crippen LogP contribution in [0.25, 0.3) is 33.3 Å². The summed E-state index contributed by atoms with van der Waals surface area (Å²) >= 11 is 0. The highest BCUT2D eigenvalue weighted by Crippen LogP contribution is 2.24. The predicted octanol–water partition coefficient (Wildman–Crippen LogP) is 4.06. The zero-order valence-corrected chi connectivity index (χ0v) is 10.8. The number of nitrogens with one attached hydrogen (secondary N) is 1. The number of nitrogens with zero attached hydrogens (tertiary/aromatic N) is 2. The summed E-state index contributed by atoms with van der Waals surface area (Å²) in [5.41, 5.74) is 2.90. The van der Waals surface area contributed by atoms with E-state index < -0.39 is 11.6 Å². The van der Waals surface area contributed by atoms with Gasteiger partial charge in [-0.25, -0.2) is 13.8 Å². The van der Waals surface area contributed by atoms with Gasteiger partial charge >= 0.3 is 0 Å². The highest BCUT2D eigenvalue weighted by molar-refractivity contribution is 5.85. The van der Waals surface area contributed by atoms with Gasteiger partial charge in [-0.3, -0.25) is 4.98 Å². The number of fused-ring (bicyclic) bond motifs is 2. The number of aromatic amines is 1. The Balaban J connectivity index is 1.91. The minimum atomic E-state index is -0.897. The Hall–Kier alpha value is -2.82. The van der Waals surface area contributed by atoms with Crippen molar-refractivity contribution in [2.45, 2.75) is 0 Å². The smallest absolute Gasteiger partial charge is 0.161 e. The maximum absolute atomic E-state index is 13.3. The second-order valence-corrected chi connectivity index (χ2v) is 4.79. The van der Waals surface area contributed by atoms with Crippen molar-refractivity contribution >= 4 is 21.9 Å². The first-order valence-electron chi connectivity index (χ1n) is 6.41. The molecule has 0 aliphatic rings. The van der Waals surface area contributed by atoms with Gasteiger partial charge in [0.05, 0.1) is 16.6 Å². The lowest BCUT2D eigenvalue weighted by Crippen LogP contribution is -1.89. The SMILES string of the molecule is Fc1cc2cc(-c3nc4ccccc4[nH]3)cnc2cc1F. The van der Waals surface area contributed by atoms with E-state index in [4.69, 9.17) is 0 Å². The molecule has 5 heteroatoms. The van der Waals surface area contributed by atoms with E-state index in [1.807, 2.05) is 24.3 Å². The summed E-state index contributed by atoms with van der Waals surface area (Å²) in [7, 11) is 0. The molecular weight excluding hydrogens is 272 g/mol. The molecule has 2 aromatic carbocycles. The molecule has 0 radical (unpaired) electrons. The molecule has 1 N–H and O–H groups in total. The lowest BCUT2D eigenvalue weighted by molar-refractivity contribution is 0.510. The molecule has 0 saturated heterocycles. The van der Waals surface area contributed by atoms with Gasteiger partial charge in [-0.1, -0.05) is 12.1 Å². The van der Waals surface area contributed by atoms with E-state index in [2.05, 4.69) is 15.0 Å². The number of hydrogen-bond acceptors (Lipinski definition) is 2. The van der Waals surface area contributed by atoms with Crippen LogP contribution in [0.15, 0.2) is 48.7 Å². The number of imidazole rings is 1. The first kappa shape index (κ1) is 12.0. The zero-order valence-electron chi connectivity index (χ0n) is 10.8. The number of para-hydroxylation sites is 2. The van der Waals surface area contributed by atoms with Crippen molar-refractivity contribution in [3.05, 3.63) is 60.3 Å². The highest BCUT2D eigenvalue weighted by atomic mass is 19.2. The summed E-state index contributed by atoms with van der Waals surface area (Å²) in [6.07, 6.45) is 1.59. The fourth-order valence-electron chi connectivity index (χ4n) is 2.34. The van der Waals surface area contributed by atoms with Crippen LogP contribution in [0.4, 0.5) is 8.78 Å². The van der Waals surface area contributed by atoms with E-state index in [1.165, 1.54) is 0 Å². The maximum Gasteiger partial charge on any atom is 0.161 e. The summed E-state index contributed by atoms with van der Waals surface area (Å²) < 4.78 is 26.5. The molecule has 0 aliphatic heterocycles. The number of benzene rings is 2. The summed E-state index contributed by atoms with van der Waals surface area (Å²) in [5, 5.41) is 0.534. The Kier molecular flexibility index (Phi) is 2.47. The van der Waals surface area contributed by atoms with Gasteiger partial charge < -0.3 is 4.98 Å². The van der Waals surface area contributed by atoms with Crippen molar-refractivity contribution in [1.82, 2.24) is 15.0 Å². The number of hydrogen-bond donors (Lipinski definition) is 1. The van der Waals surface area contributed by atoms with Crippen LogP contribution in [0.3, 0.4) is 0 Å². The molecule has 0 aliphatic carbocycles. The van der Waals surface area contributed by atoms with Gasteiger partial charge in [0, 0.05) is 23.2 Å². The third-order valence-corrected chi connectivity index (χ3v) is 3.39. The molecule has 21 heavy (non-hydrogen) atoms. The fourth-order valence-corrected chi connectivity index (χ4v) is 2.34. The number of pyridine rings is 1. The second kappa shape index (κ2) is 4.34. The molecule has 2 heterocycles. The van der Waals surface area contributed by atoms with Crippen molar-refractivity contribution in [2.75, 3.05) is 0 Å². The quantitative estimate of drug-likeness (QED) is 0.571. The molecule has 4 rings (SSSR count). The van der Waals surface area contributed by atoms with Gasteiger partial charge in [0.1, 0.15) is 5.82 Å². The Labute approximate surface area is 118 Å². The topological polar surface area (TPSA) is 41.6 Å². The van der Waals surface area contributed by atoms with Crippen molar-refractivity contribution < 1.29 is 8.78 Å². The first-order chi connectivity index (χ1) is 10.2. The zero-order chi connectivity index (χ0) is 14.4. The predicted molar refractivity (Wildman–Crippen MR) is 76.7 cm³/mol. The standard InChI is InChI=1S/C16H9F2N3/c17-11-6-9-5-10(8-19-15(9)7-12(11)18)16-20-13-3-1-2-4-14(13)21-16/h1-8H,(H,20,21). The molecule has 102 valence electrons. The lowest BCUT2D eigenvalue weighted by atomic mass is 10.1. The van der Waals surface area contributed by atoms with Crippen molar-refractivity contribution in [1.29, 1.82) is 0 Å². The molecule has 3 nitrogen and oxygen atoms in total. The third-order valence-electron chi connectivity index (χ3n) is 3.39. The van der Waals surface area contributed by atoms with Gasteiger partial charge in [-0.15, -0.1) is 0 Å². The van der Waals surface area contributed by atoms with E-state index in [0.717, 1.165) is 28.7 Å². The van der Waals surface area contributed by atoms with Gasteiger partial charge in [0.25, 0.3) is 0 Å². The maximum atomic E-state index is 13.3. The summed E-state index contributed by atoms with van der Waals surface area (Å²) in [6.45, 7) is 0. The fraction of sp³-hybridized carbons (Fsp3) is 0. The van der Waals surface area contributed by atoms with Crippen molar-refractivity contribution in [2.24, 2.45) is 0 Å². The van der Waals surface area contributed by atoms with Gasteiger partial charge in [0.15, 0.2) is 11.6 Å². The van der Waals surface area contributed by atoms with Crippen molar-refractivity contribution in [3.8, 4) is 11.4 Å². The molecule has 0 atom stereocenters. The molecule has 4 aromatic rings. The van der Waals surface area contributed by atoms with Crippen LogP contribution in [0, 0.1) is 11.6 Å². The second-order valence-electron chi connectivity index (χ2n) is 4.79. The van der Waals surface area contributed by atoms with Crippen LogP contribution in [-0.2, 0) is 0 Å². The van der Waals surface area contributed by atoms with E-state index in [1.54, 1.807) is 12.3 Å². The molecular formula is C16H9F2N3. The minimum absolute atomic E-state index is 0.411. The Morgan fingerprint density at radius 2 is 1.71 bits per heavy atom. The molecule has 2 aromatic heterocycles. The normalized spacial score (nSPS) is 11.3. The van der Waals surface area contributed by atoms with E-state index in [0.29, 0.717) is 16.7 Å². The minimum Gasteiger partial charge on any atom is -0.338 e. The van der Waals surface area contributed by atoms with E-state index in [9.17, 15) is 8.78 Å². The van der Waals surface area contributed by atoms with Crippen LogP contribution < -0.4 is 0 Å². The van der Waals surface area contributed by atoms with Crippen molar-refractivity contribution in [3.63, 3.8) is 0 Å². The van der Waals surface area contributed by atoms with Gasteiger partial charge in [0.2, 0.25) is 0 Å². The highest BCUT2D eigenvalue weighted by Gasteiger charge is 2.09. The third kappa shape index (κ3) is 1.94. The molecule has 0 bridgehead atoms. The summed E-state index contributed by atoms with van der Waals surface area (Å²) in [6, 6.07) is 11.6. The number of aromatic nitrogens is 3. The first-order valence-corrected chi connectivity index (χ1v) is 6.41. The number of H-pyrrole nitrogens is 1. The summed E-state index contributed by atoms with van der Waals surface area (Å²) in [5.74, 6) is -1.13. The van der Waals surface area contributed by atoms with E-state index in [-0.39, 0.29) is 0 Å².